The molecule has 2 atom stereocenters. The lowest BCUT2D eigenvalue weighted by Crippen LogP contribution is -2.30. The highest BCUT2D eigenvalue weighted by Gasteiger charge is 2.22. The van der Waals surface area contributed by atoms with Crippen LogP contribution in [0.3, 0.4) is 0 Å². The first kappa shape index (κ1) is 10.9. The Morgan fingerprint density at radius 1 is 1.53 bits per heavy atom. The summed E-state index contributed by atoms with van der Waals surface area (Å²) in [6.07, 6.45) is 5.71. The molecule has 15 heavy (non-hydrogen) atoms. The Labute approximate surface area is 96.1 Å². The maximum absolute atomic E-state index is 5.99. The molecule has 0 aromatic carbocycles. The Bertz CT molecular complexity index is 327. The van der Waals surface area contributed by atoms with E-state index in [9.17, 15) is 0 Å². The van der Waals surface area contributed by atoms with E-state index in [1.807, 2.05) is 12.1 Å². The van der Waals surface area contributed by atoms with E-state index < -0.39 is 0 Å². The summed E-state index contributed by atoms with van der Waals surface area (Å²) in [5.74, 6) is 0.792. The predicted octanol–water partition coefficient (Wildman–Crippen LogP) is 3.01. The molecule has 0 spiro atoms. The van der Waals surface area contributed by atoms with Crippen molar-refractivity contribution in [1.29, 1.82) is 0 Å². The van der Waals surface area contributed by atoms with E-state index in [4.69, 9.17) is 11.6 Å². The van der Waals surface area contributed by atoms with Crippen molar-refractivity contribution in [2.24, 2.45) is 5.92 Å². The first-order valence-electron chi connectivity index (χ1n) is 5.60. The van der Waals surface area contributed by atoms with Crippen molar-refractivity contribution < 1.29 is 0 Å². The molecule has 1 N–H and O–H groups in total. The SMILES string of the molecule is CC1CCCC1NCc1cccnc1Cl. The second-order valence-corrected chi connectivity index (χ2v) is 4.71. The molecule has 1 heterocycles. The van der Waals surface area contributed by atoms with Crippen LogP contribution >= 0.6 is 11.6 Å². The van der Waals surface area contributed by atoms with E-state index in [-0.39, 0.29) is 0 Å². The summed E-state index contributed by atoms with van der Waals surface area (Å²) < 4.78 is 0. The molecule has 0 aliphatic heterocycles. The Morgan fingerprint density at radius 2 is 2.40 bits per heavy atom. The summed E-state index contributed by atoms with van der Waals surface area (Å²) in [5.41, 5.74) is 1.10. The number of nitrogens with one attached hydrogen (secondary N) is 1. The monoisotopic (exact) mass is 224 g/mol. The van der Waals surface area contributed by atoms with E-state index in [1.165, 1.54) is 19.3 Å². The summed E-state index contributed by atoms with van der Waals surface area (Å²) in [5, 5.41) is 4.19. The average Bonchev–Trinajstić information content (AvgIpc) is 2.63. The van der Waals surface area contributed by atoms with Gasteiger partial charge in [-0.05, 0) is 24.8 Å². The summed E-state index contributed by atoms with van der Waals surface area (Å²) in [6, 6.07) is 4.62. The molecule has 1 aliphatic carbocycles. The fourth-order valence-electron chi connectivity index (χ4n) is 2.24. The fourth-order valence-corrected chi connectivity index (χ4v) is 2.43. The van der Waals surface area contributed by atoms with Crippen LogP contribution in [0.25, 0.3) is 0 Å². The third-order valence-corrected chi connectivity index (χ3v) is 3.59. The molecule has 1 aromatic rings. The quantitative estimate of drug-likeness (QED) is 0.799. The third kappa shape index (κ3) is 2.70. The van der Waals surface area contributed by atoms with Crippen molar-refractivity contribution in [1.82, 2.24) is 10.3 Å². The van der Waals surface area contributed by atoms with Gasteiger partial charge in [-0.15, -0.1) is 0 Å². The second-order valence-electron chi connectivity index (χ2n) is 4.35. The lowest BCUT2D eigenvalue weighted by molar-refractivity contribution is 0.426. The normalized spacial score (nSPS) is 25.7. The minimum absolute atomic E-state index is 0.621. The van der Waals surface area contributed by atoms with Crippen LogP contribution in [-0.4, -0.2) is 11.0 Å². The van der Waals surface area contributed by atoms with Crippen molar-refractivity contribution in [3.8, 4) is 0 Å². The van der Waals surface area contributed by atoms with E-state index >= 15 is 0 Å². The van der Waals surface area contributed by atoms with Gasteiger partial charge in [-0.3, -0.25) is 0 Å². The summed E-state index contributed by atoms with van der Waals surface area (Å²) in [4.78, 5) is 4.07. The lowest BCUT2D eigenvalue weighted by Gasteiger charge is -2.17. The number of hydrogen-bond acceptors (Lipinski definition) is 2. The van der Waals surface area contributed by atoms with Gasteiger partial charge < -0.3 is 5.32 Å². The predicted molar refractivity (Wildman–Crippen MR) is 62.9 cm³/mol. The number of halogens is 1. The Hall–Kier alpha value is -0.600. The second kappa shape index (κ2) is 4.95. The van der Waals surface area contributed by atoms with E-state index in [2.05, 4.69) is 17.2 Å². The Balaban J connectivity index is 1.90. The molecule has 1 fully saturated rings. The van der Waals surface area contributed by atoms with E-state index in [1.54, 1.807) is 6.20 Å². The van der Waals surface area contributed by atoms with Crippen molar-refractivity contribution >= 4 is 11.6 Å². The molecule has 1 aromatic heterocycles. The third-order valence-electron chi connectivity index (χ3n) is 3.25. The summed E-state index contributed by atoms with van der Waals surface area (Å²) >= 11 is 5.99. The van der Waals surface area contributed by atoms with Gasteiger partial charge in [0, 0.05) is 24.3 Å². The number of hydrogen-bond donors (Lipinski definition) is 1. The van der Waals surface area contributed by atoms with Crippen LogP contribution < -0.4 is 5.32 Å². The fraction of sp³-hybridized carbons (Fsp3) is 0.583. The average molecular weight is 225 g/mol. The van der Waals surface area contributed by atoms with Gasteiger partial charge in [0.25, 0.3) is 0 Å². The Morgan fingerprint density at radius 3 is 3.07 bits per heavy atom. The van der Waals surface area contributed by atoms with Crippen molar-refractivity contribution in [2.75, 3.05) is 0 Å². The minimum Gasteiger partial charge on any atom is -0.310 e. The number of rotatable bonds is 3. The largest absolute Gasteiger partial charge is 0.310 e. The maximum Gasteiger partial charge on any atom is 0.133 e. The number of aromatic nitrogens is 1. The summed E-state index contributed by atoms with van der Waals surface area (Å²) in [7, 11) is 0. The van der Waals surface area contributed by atoms with Gasteiger partial charge in [0.05, 0.1) is 0 Å². The zero-order valence-corrected chi connectivity index (χ0v) is 9.80. The lowest BCUT2D eigenvalue weighted by atomic mass is 10.1. The van der Waals surface area contributed by atoms with Gasteiger partial charge in [-0.2, -0.15) is 0 Å². The molecule has 0 bridgehead atoms. The van der Waals surface area contributed by atoms with Gasteiger partial charge >= 0.3 is 0 Å². The standard InChI is InChI=1S/C12H17ClN2/c1-9-4-2-6-11(9)15-8-10-5-3-7-14-12(10)13/h3,5,7,9,11,15H,2,4,6,8H2,1H3. The molecule has 1 aliphatic rings. The maximum atomic E-state index is 5.99. The van der Waals surface area contributed by atoms with Gasteiger partial charge in [0.15, 0.2) is 0 Å². The molecule has 2 unspecified atom stereocenters. The molecule has 2 nitrogen and oxygen atoms in total. The van der Waals surface area contributed by atoms with Gasteiger partial charge in [-0.25, -0.2) is 4.98 Å². The zero-order valence-electron chi connectivity index (χ0n) is 9.04. The minimum atomic E-state index is 0.621. The van der Waals surface area contributed by atoms with Crippen LogP contribution in [0.1, 0.15) is 31.7 Å². The van der Waals surface area contributed by atoms with Crippen LogP contribution in [0.4, 0.5) is 0 Å². The molecule has 2 rings (SSSR count). The number of pyridine rings is 1. The highest BCUT2D eigenvalue weighted by Crippen LogP contribution is 2.25. The van der Waals surface area contributed by atoms with Crippen LogP contribution in [0.2, 0.25) is 5.15 Å². The topological polar surface area (TPSA) is 24.9 Å². The molecule has 3 heteroatoms. The van der Waals surface area contributed by atoms with Crippen LogP contribution in [0, 0.1) is 5.92 Å². The first-order chi connectivity index (χ1) is 7.27. The first-order valence-corrected chi connectivity index (χ1v) is 5.98. The van der Waals surface area contributed by atoms with E-state index in [0.29, 0.717) is 11.2 Å². The molecule has 1 saturated carbocycles. The van der Waals surface area contributed by atoms with Crippen LogP contribution in [0.5, 0.6) is 0 Å². The zero-order chi connectivity index (χ0) is 10.7. The molecular formula is C12H17ClN2. The number of nitrogens with zero attached hydrogens (tertiary/aromatic N) is 1. The smallest absolute Gasteiger partial charge is 0.133 e. The van der Waals surface area contributed by atoms with Crippen LogP contribution in [-0.2, 0) is 6.54 Å². The summed E-state index contributed by atoms with van der Waals surface area (Å²) in [6.45, 7) is 3.15. The van der Waals surface area contributed by atoms with Gasteiger partial charge in [0.2, 0.25) is 0 Å². The molecular weight excluding hydrogens is 208 g/mol. The molecule has 0 amide bonds. The van der Waals surface area contributed by atoms with Crippen molar-refractivity contribution in [3.05, 3.63) is 29.0 Å². The molecule has 0 saturated heterocycles. The molecule has 0 radical (unpaired) electrons. The molecule has 82 valence electrons. The highest BCUT2D eigenvalue weighted by molar-refractivity contribution is 6.30. The highest BCUT2D eigenvalue weighted by atomic mass is 35.5. The van der Waals surface area contributed by atoms with E-state index in [0.717, 1.165) is 18.0 Å². The van der Waals surface area contributed by atoms with Crippen molar-refractivity contribution in [2.45, 2.75) is 38.8 Å². The van der Waals surface area contributed by atoms with Crippen molar-refractivity contribution in [3.63, 3.8) is 0 Å². The van der Waals surface area contributed by atoms with Gasteiger partial charge in [-0.1, -0.05) is 31.0 Å². The van der Waals surface area contributed by atoms with Crippen LogP contribution in [0.15, 0.2) is 18.3 Å². The van der Waals surface area contributed by atoms with Gasteiger partial charge in [0.1, 0.15) is 5.15 Å². The Kier molecular flexibility index (Phi) is 3.60.